The molecule has 2 rings (SSSR count). The summed E-state index contributed by atoms with van der Waals surface area (Å²) >= 11 is 0. The summed E-state index contributed by atoms with van der Waals surface area (Å²) in [5.74, 6) is -1.25. The molecular formula is C11H12ClF4NO. The van der Waals surface area contributed by atoms with Crippen molar-refractivity contribution in [2.24, 2.45) is 0 Å². The van der Waals surface area contributed by atoms with E-state index >= 15 is 0 Å². The van der Waals surface area contributed by atoms with Crippen LogP contribution in [0.1, 0.15) is 17.2 Å². The van der Waals surface area contributed by atoms with E-state index in [1.54, 1.807) is 0 Å². The lowest BCUT2D eigenvalue weighted by molar-refractivity contribution is -0.140. The molecule has 1 fully saturated rings. The van der Waals surface area contributed by atoms with Gasteiger partial charge in [0.15, 0.2) is 0 Å². The van der Waals surface area contributed by atoms with Gasteiger partial charge in [0, 0.05) is 6.54 Å². The molecule has 1 aliphatic rings. The maximum Gasteiger partial charge on any atom is 0.419 e. The minimum atomic E-state index is -4.67. The summed E-state index contributed by atoms with van der Waals surface area (Å²) in [6, 6.07) is 2.71. The zero-order valence-electron chi connectivity index (χ0n) is 9.26. The summed E-state index contributed by atoms with van der Waals surface area (Å²) in [6.45, 7) is 1.40. The van der Waals surface area contributed by atoms with E-state index in [4.69, 9.17) is 4.74 Å². The van der Waals surface area contributed by atoms with Gasteiger partial charge in [-0.1, -0.05) is 6.07 Å². The molecule has 1 N–H and O–H groups in total. The molecule has 1 aromatic rings. The second-order valence-corrected chi connectivity index (χ2v) is 3.82. The summed E-state index contributed by atoms with van der Waals surface area (Å²) in [6.07, 6.45) is -4.67. The lowest BCUT2D eigenvalue weighted by Crippen LogP contribution is -2.34. The van der Waals surface area contributed by atoms with Gasteiger partial charge >= 0.3 is 6.18 Å². The Kier molecular flexibility index (Phi) is 4.95. The van der Waals surface area contributed by atoms with Crippen LogP contribution in [0.15, 0.2) is 18.2 Å². The van der Waals surface area contributed by atoms with E-state index in [0.717, 1.165) is 12.1 Å². The van der Waals surface area contributed by atoms with Crippen molar-refractivity contribution in [2.45, 2.75) is 12.2 Å². The zero-order valence-corrected chi connectivity index (χ0v) is 10.1. The van der Waals surface area contributed by atoms with E-state index in [9.17, 15) is 17.6 Å². The highest BCUT2D eigenvalue weighted by atomic mass is 35.5. The van der Waals surface area contributed by atoms with Gasteiger partial charge in [0.05, 0.1) is 24.8 Å². The highest BCUT2D eigenvalue weighted by Gasteiger charge is 2.34. The molecule has 0 saturated carbocycles. The van der Waals surface area contributed by atoms with Gasteiger partial charge in [-0.05, 0) is 17.7 Å². The third-order valence-electron chi connectivity index (χ3n) is 2.62. The summed E-state index contributed by atoms with van der Waals surface area (Å²) < 4.78 is 55.7. The van der Waals surface area contributed by atoms with Gasteiger partial charge in [-0.3, -0.25) is 0 Å². The molecule has 0 amide bonds. The van der Waals surface area contributed by atoms with Crippen molar-refractivity contribution in [3.63, 3.8) is 0 Å². The zero-order chi connectivity index (χ0) is 12.5. The Hall–Kier alpha value is -0.850. The van der Waals surface area contributed by atoms with Crippen LogP contribution in [-0.4, -0.2) is 19.8 Å². The molecule has 0 radical (unpaired) electrons. The van der Waals surface area contributed by atoms with E-state index in [0.29, 0.717) is 25.3 Å². The molecule has 2 nitrogen and oxygen atoms in total. The van der Waals surface area contributed by atoms with Crippen LogP contribution in [0.4, 0.5) is 17.6 Å². The molecule has 102 valence electrons. The average molecular weight is 286 g/mol. The first-order chi connectivity index (χ1) is 7.98. The molecule has 18 heavy (non-hydrogen) atoms. The quantitative estimate of drug-likeness (QED) is 0.801. The Morgan fingerprint density at radius 1 is 1.28 bits per heavy atom. The van der Waals surface area contributed by atoms with Gasteiger partial charge in [-0.25, -0.2) is 4.39 Å². The molecule has 0 bridgehead atoms. The van der Waals surface area contributed by atoms with Crippen LogP contribution in [0.5, 0.6) is 0 Å². The van der Waals surface area contributed by atoms with Crippen LogP contribution in [-0.2, 0) is 10.9 Å². The van der Waals surface area contributed by atoms with Gasteiger partial charge < -0.3 is 10.1 Å². The first-order valence-corrected chi connectivity index (χ1v) is 5.16. The number of hydrogen-bond acceptors (Lipinski definition) is 2. The number of halogens is 5. The van der Waals surface area contributed by atoms with Crippen LogP contribution in [0.2, 0.25) is 0 Å². The van der Waals surface area contributed by atoms with Crippen LogP contribution < -0.4 is 5.32 Å². The van der Waals surface area contributed by atoms with E-state index in [1.807, 2.05) is 0 Å². The van der Waals surface area contributed by atoms with Gasteiger partial charge in [0.25, 0.3) is 0 Å². The predicted octanol–water partition coefficient (Wildman–Crippen LogP) is 2.93. The van der Waals surface area contributed by atoms with Crippen LogP contribution in [0, 0.1) is 5.82 Å². The first-order valence-electron chi connectivity index (χ1n) is 5.16. The number of morpholine rings is 1. The first kappa shape index (κ1) is 15.2. The molecule has 0 aliphatic carbocycles. The number of nitrogens with one attached hydrogen (secondary N) is 1. The highest BCUT2D eigenvalue weighted by molar-refractivity contribution is 5.85. The number of ether oxygens (including phenoxy) is 1. The SMILES string of the molecule is Cl.Fc1ccc([C@@H]2COCCN2)cc1C(F)(F)F. The van der Waals surface area contributed by atoms with Gasteiger partial charge in [-0.15, -0.1) is 12.4 Å². The smallest absolute Gasteiger partial charge is 0.378 e. The molecule has 1 atom stereocenters. The van der Waals surface area contributed by atoms with Crippen molar-refractivity contribution in [1.29, 1.82) is 0 Å². The molecule has 0 aromatic heterocycles. The molecule has 1 aromatic carbocycles. The lowest BCUT2D eigenvalue weighted by Gasteiger charge is -2.24. The van der Waals surface area contributed by atoms with Crippen molar-refractivity contribution in [1.82, 2.24) is 5.32 Å². The Bertz CT molecular complexity index is 405. The molecular weight excluding hydrogens is 274 g/mol. The van der Waals surface area contributed by atoms with E-state index in [1.165, 1.54) is 6.07 Å². The predicted molar refractivity (Wildman–Crippen MR) is 60.2 cm³/mol. The fraction of sp³-hybridized carbons (Fsp3) is 0.455. The maximum absolute atomic E-state index is 13.1. The third-order valence-corrected chi connectivity index (χ3v) is 2.62. The minimum absolute atomic E-state index is 0. The van der Waals surface area contributed by atoms with Crippen molar-refractivity contribution >= 4 is 12.4 Å². The molecule has 0 spiro atoms. The molecule has 1 aliphatic heterocycles. The summed E-state index contributed by atoms with van der Waals surface area (Å²) in [4.78, 5) is 0. The Morgan fingerprint density at radius 2 is 2.00 bits per heavy atom. The average Bonchev–Trinajstić information content (AvgIpc) is 2.29. The minimum Gasteiger partial charge on any atom is -0.378 e. The van der Waals surface area contributed by atoms with Crippen molar-refractivity contribution in [3.05, 3.63) is 35.1 Å². The van der Waals surface area contributed by atoms with Crippen LogP contribution in [0.3, 0.4) is 0 Å². The number of hydrogen-bond donors (Lipinski definition) is 1. The fourth-order valence-electron chi connectivity index (χ4n) is 1.76. The number of alkyl halides is 3. The Labute approximate surface area is 108 Å². The van der Waals surface area contributed by atoms with Crippen molar-refractivity contribution in [3.8, 4) is 0 Å². The summed E-state index contributed by atoms with van der Waals surface area (Å²) in [5, 5.41) is 3.02. The Morgan fingerprint density at radius 3 is 2.56 bits per heavy atom. The van der Waals surface area contributed by atoms with Gasteiger partial charge in [-0.2, -0.15) is 13.2 Å². The summed E-state index contributed by atoms with van der Waals surface area (Å²) in [5.41, 5.74) is -0.846. The molecule has 0 unspecified atom stereocenters. The highest BCUT2D eigenvalue weighted by Crippen LogP contribution is 2.33. The standard InChI is InChI=1S/C11H11F4NO.ClH/c12-9-2-1-7(5-8(9)11(13,14)15)10-6-17-4-3-16-10;/h1-2,5,10,16H,3-4,6H2;1H/t10-;/m0./s1. The molecule has 1 saturated heterocycles. The third kappa shape index (κ3) is 3.34. The monoisotopic (exact) mass is 285 g/mol. The normalized spacial score (nSPS) is 20.3. The second-order valence-electron chi connectivity index (χ2n) is 3.82. The van der Waals surface area contributed by atoms with E-state index in [2.05, 4.69) is 5.32 Å². The van der Waals surface area contributed by atoms with Crippen molar-refractivity contribution < 1.29 is 22.3 Å². The topological polar surface area (TPSA) is 21.3 Å². The molecule has 7 heteroatoms. The second kappa shape index (κ2) is 5.86. The number of benzene rings is 1. The lowest BCUT2D eigenvalue weighted by atomic mass is 10.0. The van der Waals surface area contributed by atoms with Crippen molar-refractivity contribution in [2.75, 3.05) is 19.8 Å². The largest absolute Gasteiger partial charge is 0.419 e. The summed E-state index contributed by atoms with van der Waals surface area (Å²) in [7, 11) is 0. The van der Waals surface area contributed by atoms with E-state index in [-0.39, 0.29) is 18.4 Å². The Balaban J connectivity index is 0.00000162. The maximum atomic E-state index is 13.1. The van der Waals surface area contributed by atoms with Crippen LogP contribution >= 0.6 is 12.4 Å². The number of rotatable bonds is 1. The van der Waals surface area contributed by atoms with Crippen LogP contribution in [0.25, 0.3) is 0 Å². The van der Waals surface area contributed by atoms with E-state index < -0.39 is 17.6 Å². The van der Waals surface area contributed by atoms with Gasteiger partial charge in [0.2, 0.25) is 0 Å². The molecule has 1 heterocycles. The fourth-order valence-corrected chi connectivity index (χ4v) is 1.76. The van der Waals surface area contributed by atoms with Gasteiger partial charge in [0.1, 0.15) is 5.82 Å².